The van der Waals surface area contributed by atoms with Gasteiger partial charge < -0.3 is 25.0 Å². The smallest absolute Gasteiger partial charge is 0.408 e. The molecule has 1 aliphatic heterocycles. The van der Waals surface area contributed by atoms with Gasteiger partial charge in [-0.2, -0.15) is 0 Å². The summed E-state index contributed by atoms with van der Waals surface area (Å²) in [6, 6.07) is 16.1. The molecule has 1 saturated heterocycles. The molecule has 2 N–H and O–H groups in total. The van der Waals surface area contributed by atoms with Crippen molar-refractivity contribution in [1.82, 2.24) is 10.2 Å². The number of benzene rings is 2. The Morgan fingerprint density at radius 3 is 2.23 bits per heavy atom. The average molecular weight is 425 g/mol. The number of anilines is 1. The van der Waals surface area contributed by atoms with Gasteiger partial charge in [0.05, 0.1) is 6.42 Å². The number of ether oxygens (including phenoxy) is 1. The summed E-state index contributed by atoms with van der Waals surface area (Å²) in [6.07, 6.45) is -0.619. The van der Waals surface area contributed by atoms with E-state index in [-0.39, 0.29) is 18.9 Å². The number of carboxylic acid groups (broad SMARTS) is 1. The molecule has 8 nitrogen and oxygen atoms in total. The Morgan fingerprint density at radius 1 is 0.968 bits per heavy atom. The molecule has 164 valence electrons. The van der Waals surface area contributed by atoms with Crippen LogP contribution in [-0.2, 0) is 27.4 Å². The molecule has 1 aliphatic rings. The van der Waals surface area contributed by atoms with Crippen LogP contribution in [-0.4, -0.2) is 60.2 Å². The van der Waals surface area contributed by atoms with Crippen molar-refractivity contribution in [2.45, 2.75) is 26.0 Å². The molecule has 0 unspecified atom stereocenters. The molecular weight excluding hydrogens is 398 g/mol. The summed E-state index contributed by atoms with van der Waals surface area (Å²) < 4.78 is 5.18. The molecule has 31 heavy (non-hydrogen) atoms. The second-order valence-corrected chi connectivity index (χ2v) is 7.48. The lowest BCUT2D eigenvalue weighted by molar-refractivity contribution is -0.136. The molecule has 2 amide bonds. The molecule has 0 aromatic heterocycles. The van der Waals surface area contributed by atoms with Crippen LogP contribution in [0, 0.1) is 0 Å². The van der Waals surface area contributed by atoms with Gasteiger partial charge in [-0.25, -0.2) is 4.79 Å². The maximum Gasteiger partial charge on any atom is 0.408 e. The normalized spacial score (nSPS) is 14.6. The number of rotatable bonds is 7. The van der Waals surface area contributed by atoms with Crippen LogP contribution in [0.3, 0.4) is 0 Å². The summed E-state index contributed by atoms with van der Waals surface area (Å²) in [5.41, 5.74) is 2.63. The number of aliphatic carboxylic acids is 1. The van der Waals surface area contributed by atoms with Gasteiger partial charge in [0, 0.05) is 31.9 Å². The average Bonchev–Trinajstić information content (AvgIpc) is 2.78. The lowest BCUT2D eigenvalue weighted by Crippen LogP contribution is -2.54. The quantitative estimate of drug-likeness (QED) is 0.706. The summed E-state index contributed by atoms with van der Waals surface area (Å²) in [5, 5.41) is 11.5. The fourth-order valence-electron chi connectivity index (χ4n) is 3.46. The first kappa shape index (κ1) is 22.1. The number of piperazine rings is 1. The fourth-order valence-corrected chi connectivity index (χ4v) is 3.46. The van der Waals surface area contributed by atoms with Crippen molar-refractivity contribution in [3.05, 3.63) is 65.7 Å². The van der Waals surface area contributed by atoms with Gasteiger partial charge in [0.15, 0.2) is 0 Å². The van der Waals surface area contributed by atoms with Gasteiger partial charge in [-0.05, 0) is 30.2 Å². The van der Waals surface area contributed by atoms with Gasteiger partial charge in [0.25, 0.3) is 0 Å². The maximum absolute atomic E-state index is 12.7. The van der Waals surface area contributed by atoms with Gasteiger partial charge >= 0.3 is 12.1 Å². The molecule has 1 fully saturated rings. The van der Waals surface area contributed by atoms with Crippen LogP contribution in [0.4, 0.5) is 10.5 Å². The highest BCUT2D eigenvalue weighted by atomic mass is 16.5. The third kappa shape index (κ3) is 6.47. The topological polar surface area (TPSA) is 99.2 Å². The summed E-state index contributed by atoms with van der Waals surface area (Å²) in [6.45, 7) is 4.21. The zero-order valence-electron chi connectivity index (χ0n) is 17.5. The zero-order valence-corrected chi connectivity index (χ0v) is 17.5. The second-order valence-electron chi connectivity index (χ2n) is 7.48. The largest absolute Gasteiger partial charge is 0.481 e. The molecule has 1 atom stereocenters. The highest BCUT2D eigenvalue weighted by Crippen LogP contribution is 2.18. The summed E-state index contributed by atoms with van der Waals surface area (Å²) >= 11 is 0. The van der Waals surface area contributed by atoms with Crippen LogP contribution >= 0.6 is 0 Å². The van der Waals surface area contributed by atoms with Crippen LogP contribution < -0.4 is 10.2 Å². The predicted octanol–water partition coefficient (Wildman–Crippen LogP) is 2.28. The Bertz CT molecular complexity index is 893. The lowest BCUT2D eigenvalue weighted by atomic mass is 10.1. The molecule has 0 saturated carbocycles. The predicted molar refractivity (Wildman–Crippen MR) is 116 cm³/mol. The molecule has 2 aromatic rings. The van der Waals surface area contributed by atoms with Gasteiger partial charge in [-0.15, -0.1) is 0 Å². The summed E-state index contributed by atoms with van der Waals surface area (Å²) in [5.74, 6) is -1.00. The van der Waals surface area contributed by atoms with Gasteiger partial charge in [-0.3, -0.25) is 9.59 Å². The minimum absolute atomic E-state index is 0.00122. The first-order chi connectivity index (χ1) is 14.9. The minimum Gasteiger partial charge on any atom is -0.481 e. The zero-order chi connectivity index (χ0) is 22.2. The van der Waals surface area contributed by atoms with E-state index < -0.39 is 18.1 Å². The van der Waals surface area contributed by atoms with Crippen LogP contribution in [0.2, 0.25) is 0 Å². The number of nitrogens with one attached hydrogen (secondary N) is 1. The number of nitrogens with zero attached hydrogens (tertiary/aromatic N) is 2. The second kappa shape index (κ2) is 10.5. The minimum atomic E-state index is -0.855. The molecule has 2 aromatic carbocycles. The van der Waals surface area contributed by atoms with Gasteiger partial charge in [-0.1, -0.05) is 42.5 Å². The molecular formula is C23H27N3O5. The SMILES string of the molecule is C[C@H](NC(=O)OCc1ccccc1)C(=O)N1CCN(c2ccc(CC(=O)O)cc2)CC1. The van der Waals surface area contributed by atoms with Crippen LogP contribution in [0.25, 0.3) is 0 Å². The Morgan fingerprint density at radius 2 is 1.61 bits per heavy atom. The first-order valence-corrected chi connectivity index (χ1v) is 10.2. The van der Waals surface area contributed by atoms with E-state index in [0.717, 1.165) is 16.8 Å². The Kier molecular flexibility index (Phi) is 7.48. The van der Waals surface area contributed by atoms with Crippen LogP contribution in [0.5, 0.6) is 0 Å². The van der Waals surface area contributed by atoms with Crippen molar-refractivity contribution in [3.63, 3.8) is 0 Å². The number of carboxylic acids is 1. The highest BCUT2D eigenvalue weighted by Gasteiger charge is 2.26. The third-order valence-electron chi connectivity index (χ3n) is 5.17. The van der Waals surface area contributed by atoms with Crippen molar-refractivity contribution < 1.29 is 24.2 Å². The van der Waals surface area contributed by atoms with Crippen molar-refractivity contribution in [3.8, 4) is 0 Å². The molecule has 0 aliphatic carbocycles. The van der Waals surface area contributed by atoms with E-state index in [4.69, 9.17) is 9.84 Å². The molecule has 0 radical (unpaired) electrons. The Hall–Kier alpha value is -3.55. The Balaban J connectivity index is 1.43. The van der Waals surface area contributed by atoms with Crippen molar-refractivity contribution in [2.24, 2.45) is 0 Å². The number of amides is 2. The molecule has 0 spiro atoms. The van der Waals surface area contributed by atoms with Crippen LogP contribution in [0.15, 0.2) is 54.6 Å². The number of hydrogen-bond acceptors (Lipinski definition) is 5. The first-order valence-electron chi connectivity index (χ1n) is 10.2. The summed E-state index contributed by atoms with van der Waals surface area (Å²) in [4.78, 5) is 39.4. The maximum atomic E-state index is 12.7. The Labute approximate surface area is 181 Å². The standard InChI is InChI=1S/C23H27N3O5/c1-17(24-23(30)31-16-19-5-3-2-4-6-19)22(29)26-13-11-25(12-14-26)20-9-7-18(8-10-20)15-21(27)28/h2-10,17H,11-16H2,1H3,(H,24,30)(H,27,28)/t17-/m0/s1. The number of carbonyl (C=O) groups excluding carboxylic acids is 2. The lowest BCUT2D eigenvalue weighted by Gasteiger charge is -2.37. The van der Waals surface area contributed by atoms with Gasteiger partial charge in [0.1, 0.15) is 12.6 Å². The van der Waals surface area contributed by atoms with E-state index in [2.05, 4.69) is 10.2 Å². The number of carbonyl (C=O) groups is 3. The molecule has 8 heteroatoms. The highest BCUT2D eigenvalue weighted by molar-refractivity contribution is 5.85. The van der Waals surface area contributed by atoms with E-state index in [1.165, 1.54) is 0 Å². The monoisotopic (exact) mass is 425 g/mol. The third-order valence-corrected chi connectivity index (χ3v) is 5.17. The van der Waals surface area contributed by atoms with Crippen molar-refractivity contribution in [1.29, 1.82) is 0 Å². The van der Waals surface area contributed by atoms with Crippen molar-refractivity contribution >= 4 is 23.7 Å². The molecule has 3 rings (SSSR count). The van der Waals surface area contributed by atoms with E-state index >= 15 is 0 Å². The van der Waals surface area contributed by atoms with E-state index in [9.17, 15) is 14.4 Å². The van der Waals surface area contributed by atoms with Crippen LogP contribution in [0.1, 0.15) is 18.1 Å². The number of hydrogen-bond donors (Lipinski definition) is 2. The fraction of sp³-hybridized carbons (Fsp3) is 0.348. The summed E-state index contributed by atoms with van der Waals surface area (Å²) in [7, 11) is 0. The van der Waals surface area contributed by atoms with E-state index in [1.807, 2.05) is 54.6 Å². The van der Waals surface area contributed by atoms with Gasteiger partial charge in [0.2, 0.25) is 5.91 Å². The number of alkyl carbamates (subject to hydrolysis) is 1. The molecule has 1 heterocycles. The molecule has 0 bridgehead atoms. The van der Waals surface area contributed by atoms with E-state index in [0.29, 0.717) is 26.2 Å². The van der Waals surface area contributed by atoms with Crippen molar-refractivity contribution in [2.75, 3.05) is 31.1 Å². The van der Waals surface area contributed by atoms with E-state index in [1.54, 1.807) is 11.8 Å².